The number of benzene rings is 3. The molecule has 0 fully saturated rings. The molecule has 0 aliphatic heterocycles. The monoisotopic (exact) mass is 500 g/mol. The number of para-hydroxylation sites is 2. The van der Waals surface area contributed by atoms with E-state index in [1.165, 1.54) is 37.7 Å². The maximum Gasteiger partial charge on any atom is 0.416 e. The first-order chi connectivity index (χ1) is 16.7. The van der Waals surface area contributed by atoms with Crippen LogP contribution in [0.25, 0.3) is 11.3 Å². The van der Waals surface area contributed by atoms with Crippen LogP contribution >= 0.6 is 0 Å². The number of nitrogens with one attached hydrogen (secondary N) is 2. The highest BCUT2D eigenvalue weighted by molar-refractivity contribution is 7.92. The van der Waals surface area contributed by atoms with E-state index in [-0.39, 0.29) is 4.90 Å². The van der Waals surface area contributed by atoms with Crippen molar-refractivity contribution in [3.8, 4) is 17.0 Å². The van der Waals surface area contributed by atoms with Gasteiger partial charge in [0, 0.05) is 17.3 Å². The average Bonchev–Trinajstić information content (AvgIpc) is 2.84. The van der Waals surface area contributed by atoms with E-state index in [4.69, 9.17) is 4.74 Å². The highest BCUT2D eigenvalue weighted by Crippen LogP contribution is 2.31. The van der Waals surface area contributed by atoms with E-state index in [1.807, 2.05) is 0 Å². The van der Waals surface area contributed by atoms with E-state index in [0.29, 0.717) is 34.2 Å². The summed E-state index contributed by atoms with van der Waals surface area (Å²) in [5.74, 6) is 0.712. The lowest BCUT2D eigenvalue weighted by atomic mass is 10.1. The molecule has 0 unspecified atom stereocenters. The highest BCUT2D eigenvalue weighted by atomic mass is 32.2. The lowest BCUT2D eigenvalue weighted by molar-refractivity contribution is -0.137. The Morgan fingerprint density at radius 2 is 1.63 bits per heavy atom. The molecule has 0 spiro atoms. The number of methoxy groups -OCH3 is 1. The van der Waals surface area contributed by atoms with Crippen molar-refractivity contribution in [2.45, 2.75) is 11.1 Å². The molecule has 0 aliphatic rings. The summed E-state index contributed by atoms with van der Waals surface area (Å²) < 4.78 is 72.0. The second kappa shape index (κ2) is 9.63. The lowest BCUT2D eigenvalue weighted by Crippen LogP contribution is -2.13. The first-order valence-corrected chi connectivity index (χ1v) is 11.7. The third-order valence-corrected chi connectivity index (χ3v) is 6.31. The molecule has 11 heteroatoms. The van der Waals surface area contributed by atoms with Crippen molar-refractivity contribution < 1.29 is 26.3 Å². The molecular weight excluding hydrogens is 481 g/mol. The first kappa shape index (κ1) is 24.0. The van der Waals surface area contributed by atoms with Gasteiger partial charge >= 0.3 is 6.18 Å². The van der Waals surface area contributed by atoms with Crippen LogP contribution in [0, 0.1) is 0 Å². The molecule has 1 aromatic heterocycles. The Bertz CT molecular complexity index is 1440. The molecule has 4 rings (SSSR count). The van der Waals surface area contributed by atoms with E-state index < -0.39 is 21.8 Å². The molecule has 3 aromatic carbocycles. The topological polar surface area (TPSA) is 93.2 Å². The zero-order valence-corrected chi connectivity index (χ0v) is 19.1. The standard InChI is InChI=1S/C24H19F3N4O3S/c1-34-22-8-3-2-7-20(22)31-35(32,33)19-6-4-5-18(13-19)30-23-14-21(28-15-29-23)16-9-11-17(12-10-16)24(25,26)27/h2-15,31H,1H3,(H,28,29,30). The number of halogens is 3. The summed E-state index contributed by atoms with van der Waals surface area (Å²) in [5.41, 5.74) is 0.849. The van der Waals surface area contributed by atoms with Crippen LogP contribution in [0.1, 0.15) is 5.56 Å². The number of hydrogen-bond donors (Lipinski definition) is 2. The minimum atomic E-state index is -4.43. The fourth-order valence-corrected chi connectivity index (χ4v) is 4.35. The number of anilines is 3. The summed E-state index contributed by atoms with van der Waals surface area (Å²) >= 11 is 0. The van der Waals surface area contributed by atoms with E-state index >= 15 is 0 Å². The largest absolute Gasteiger partial charge is 0.495 e. The Labute approximate surface area is 199 Å². The SMILES string of the molecule is COc1ccccc1NS(=O)(=O)c1cccc(Nc2cc(-c3ccc(C(F)(F)F)cc3)ncn2)c1. The molecule has 2 N–H and O–H groups in total. The molecule has 7 nitrogen and oxygen atoms in total. The smallest absolute Gasteiger partial charge is 0.416 e. The van der Waals surface area contributed by atoms with Crippen LogP contribution in [-0.2, 0) is 16.2 Å². The molecule has 0 amide bonds. The van der Waals surface area contributed by atoms with Crippen LogP contribution in [0.2, 0.25) is 0 Å². The van der Waals surface area contributed by atoms with Gasteiger partial charge in [-0.05, 0) is 42.5 Å². The number of sulfonamides is 1. The molecule has 0 saturated heterocycles. The molecule has 0 bridgehead atoms. The summed E-state index contributed by atoms with van der Waals surface area (Å²) in [4.78, 5) is 8.23. The van der Waals surface area contributed by atoms with Gasteiger partial charge in [0.1, 0.15) is 17.9 Å². The van der Waals surface area contributed by atoms with E-state index in [9.17, 15) is 21.6 Å². The van der Waals surface area contributed by atoms with E-state index in [1.54, 1.807) is 42.5 Å². The average molecular weight is 501 g/mol. The molecule has 0 aliphatic carbocycles. The van der Waals surface area contributed by atoms with Gasteiger partial charge in [-0.25, -0.2) is 18.4 Å². The number of nitrogens with zero attached hydrogens (tertiary/aromatic N) is 2. The normalized spacial score (nSPS) is 11.7. The second-order valence-electron chi connectivity index (χ2n) is 7.32. The predicted molar refractivity (Wildman–Crippen MR) is 126 cm³/mol. The van der Waals surface area contributed by atoms with Crippen molar-refractivity contribution >= 4 is 27.2 Å². The fourth-order valence-electron chi connectivity index (χ4n) is 3.24. The number of rotatable bonds is 7. The Hall–Kier alpha value is -4.12. The van der Waals surface area contributed by atoms with Crippen LogP contribution in [0.4, 0.5) is 30.4 Å². The number of hydrogen-bond acceptors (Lipinski definition) is 6. The van der Waals surface area contributed by atoms with Crippen LogP contribution in [0.3, 0.4) is 0 Å². The van der Waals surface area contributed by atoms with Gasteiger partial charge in [0.05, 0.1) is 29.0 Å². The third kappa shape index (κ3) is 5.69. The van der Waals surface area contributed by atoms with E-state index in [0.717, 1.165) is 12.1 Å². The third-order valence-electron chi connectivity index (χ3n) is 4.94. The molecule has 1 heterocycles. The molecule has 0 radical (unpaired) electrons. The lowest BCUT2D eigenvalue weighted by Gasteiger charge is -2.13. The van der Waals surface area contributed by atoms with Gasteiger partial charge in [0.15, 0.2) is 0 Å². The van der Waals surface area contributed by atoms with Gasteiger partial charge in [0.25, 0.3) is 10.0 Å². The Morgan fingerprint density at radius 1 is 0.886 bits per heavy atom. The van der Waals surface area contributed by atoms with Crippen molar-refractivity contribution in [3.63, 3.8) is 0 Å². The summed E-state index contributed by atoms with van der Waals surface area (Å²) in [6, 6.07) is 18.9. The van der Waals surface area contributed by atoms with Gasteiger partial charge in [-0.3, -0.25) is 4.72 Å². The van der Waals surface area contributed by atoms with Crippen LogP contribution < -0.4 is 14.8 Å². The minimum Gasteiger partial charge on any atom is -0.495 e. The number of alkyl halides is 3. The summed E-state index contributed by atoms with van der Waals surface area (Å²) in [7, 11) is -2.48. The van der Waals surface area contributed by atoms with Crippen LogP contribution in [0.5, 0.6) is 5.75 Å². The quantitative estimate of drug-likeness (QED) is 0.337. The molecular formula is C24H19F3N4O3S. The zero-order chi connectivity index (χ0) is 25.1. The molecule has 4 aromatic rings. The van der Waals surface area contributed by atoms with Gasteiger partial charge < -0.3 is 10.1 Å². The fraction of sp³-hybridized carbons (Fsp3) is 0.0833. The zero-order valence-electron chi connectivity index (χ0n) is 18.2. The molecule has 0 atom stereocenters. The Morgan fingerprint density at radius 3 is 2.34 bits per heavy atom. The highest BCUT2D eigenvalue weighted by Gasteiger charge is 2.30. The molecule has 180 valence electrons. The number of aromatic nitrogens is 2. The van der Waals surface area contributed by atoms with Crippen molar-refractivity contribution in [2.75, 3.05) is 17.1 Å². The predicted octanol–water partition coefficient (Wildman–Crippen LogP) is 5.72. The van der Waals surface area contributed by atoms with Crippen molar-refractivity contribution in [1.82, 2.24) is 9.97 Å². The molecule has 35 heavy (non-hydrogen) atoms. The van der Waals surface area contributed by atoms with Crippen molar-refractivity contribution in [2.24, 2.45) is 0 Å². The van der Waals surface area contributed by atoms with Crippen LogP contribution in [-0.4, -0.2) is 25.5 Å². The first-order valence-electron chi connectivity index (χ1n) is 10.2. The Balaban J connectivity index is 1.55. The maximum absolute atomic E-state index is 12.9. The summed E-state index contributed by atoms with van der Waals surface area (Å²) in [5, 5.41) is 3.00. The van der Waals surface area contributed by atoms with Gasteiger partial charge in [-0.15, -0.1) is 0 Å². The van der Waals surface area contributed by atoms with Crippen molar-refractivity contribution in [3.05, 3.63) is 90.8 Å². The maximum atomic E-state index is 12.9. The van der Waals surface area contributed by atoms with Crippen LogP contribution in [0.15, 0.2) is 90.1 Å². The van der Waals surface area contributed by atoms with E-state index in [2.05, 4.69) is 20.0 Å². The van der Waals surface area contributed by atoms with Gasteiger partial charge in [-0.2, -0.15) is 13.2 Å². The van der Waals surface area contributed by atoms with Gasteiger partial charge in [0.2, 0.25) is 0 Å². The molecule has 0 saturated carbocycles. The Kier molecular flexibility index (Phi) is 6.61. The van der Waals surface area contributed by atoms with Gasteiger partial charge in [-0.1, -0.05) is 30.3 Å². The second-order valence-corrected chi connectivity index (χ2v) is 9.00. The summed E-state index contributed by atoms with van der Waals surface area (Å²) in [6.07, 6.45) is -3.16. The summed E-state index contributed by atoms with van der Waals surface area (Å²) in [6.45, 7) is 0. The minimum absolute atomic E-state index is 0.00502. The number of ether oxygens (including phenoxy) is 1. The van der Waals surface area contributed by atoms with Crippen molar-refractivity contribution in [1.29, 1.82) is 0 Å².